The van der Waals surface area contributed by atoms with Gasteiger partial charge in [0, 0.05) is 11.4 Å². The summed E-state index contributed by atoms with van der Waals surface area (Å²) in [5.74, 6) is -0.616. The van der Waals surface area contributed by atoms with Crippen LogP contribution in [-0.2, 0) is 16.4 Å². The summed E-state index contributed by atoms with van der Waals surface area (Å²) >= 11 is 4.91. The Hall–Kier alpha value is -0.960. The highest BCUT2D eigenvalue weighted by Crippen LogP contribution is 2.23. The molecule has 0 spiro atoms. The lowest BCUT2D eigenvalue weighted by Gasteiger charge is -2.10. The van der Waals surface area contributed by atoms with Crippen molar-refractivity contribution in [3.8, 4) is 0 Å². The van der Waals surface area contributed by atoms with Gasteiger partial charge in [-0.25, -0.2) is 17.5 Å². The monoisotopic (exact) mass is 392 g/mol. The lowest BCUT2D eigenvalue weighted by atomic mass is 10.2. The number of hydrogen-bond acceptors (Lipinski definition) is 4. The molecule has 0 unspecified atom stereocenters. The van der Waals surface area contributed by atoms with Gasteiger partial charge in [-0.15, -0.1) is 11.3 Å². The quantitative estimate of drug-likeness (QED) is 0.767. The molecule has 1 heterocycles. The Morgan fingerprint density at radius 1 is 1.38 bits per heavy atom. The van der Waals surface area contributed by atoms with Crippen molar-refractivity contribution in [1.82, 2.24) is 4.72 Å². The highest BCUT2D eigenvalue weighted by Gasteiger charge is 2.18. The van der Waals surface area contributed by atoms with Gasteiger partial charge in [-0.05, 0) is 59.1 Å². The minimum Gasteiger partial charge on any atom is -0.396 e. The van der Waals surface area contributed by atoms with Gasteiger partial charge in [-0.1, -0.05) is 0 Å². The van der Waals surface area contributed by atoms with E-state index < -0.39 is 15.8 Å². The molecule has 0 aliphatic rings. The van der Waals surface area contributed by atoms with Crippen LogP contribution in [0.2, 0.25) is 0 Å². The molecule has 0 bridgehead atoms. The second-order valence-corrected chi connectivity index (χ2v) is 8.78. The zero-order valence-corrected chi connectivity index (χ0v) is 14.4. The van der Waals surface area contributed by atoms with Crippen LogP contribution < -0.4 is 10.5 Å². The zero-order chi connectivity index (χ0) is 15.6. The van der Waals surface area contributed by atoms with Crippen LogP contribution in [0.15, 0.2) is 32.9 Å². The maximum Gasteiger partial charge on any atom is 0.240 e. The predicted molar refractivity (Wildman–Crippen MR) is 86.5 cm³/mol. The first-order valence-corrected chi connectivity index (χ1v) is 9.18. The summed E-state index contributed by atoms with van der Waals surface area (Å²) in [6, 6.07) is 6.12. The van der Waals surface area contributed by atoms with Gasteiger partial charge in [0.1, 0.15) is 5.82 Å². The van der Waals surface area contributed by atoms with E-state index in [0.29, 0.717) is 12.0 Å². The molecular weight excluding hydrogens is 379 g/mol. The fourth-order valence-corrected chi connectivity index (χ4v) is 4.60. The van der Waals surface area contributed by atoms with Crippen LogP contribution in [0.1, 0.15) is 10.4 Å². The van der Waals surface area contributed by atoms with Gasteiger partial charge in [-0.3, -0.25) is 0 Å². The smallest absolute Gasteiger partial charge is 0.240 e. The van der Waals surface area contributed by atoms with E-state index in [4.69, 9.17) is 5.73 Å². The van der Waals surface area contributed by atoms with Crippen molar-refractivity contribution in [3.63, 3.8) is 0 Å². The summed E-state index contributed by atoms with van der Waals surface area (Å²) in [5.41, 5.74) is 5.59. The molecule has 0 saturated carbocycles. The van der Waals surface area contributed by atoms with Gasteiger partial charge >= 0.3 is 0 Å². The normalized spacial score (nSPS) is 11.8. The van der Waals surface area contributed by atoms with E-state index in [-0.39, 0.29) is 17.1 Å². The van der Waals surface area contributed by atoms with Crippen LogP contribution in [0, 0.1) is 12.7 Å². The van der Waals surface area contributed by atoms with Crippen LogP contribution in [0.25, 0.3) is 0 Å². The summed E-state index contributed by atoms with van der Waals surface area (Å²) in [7, 11) is -3.70. The molecule has 2 rings (SSSR count). The van der Waals surface area contributed by atoms with E-state index in [0.717, 1.165) is 20.8 Å². The number of benzene rings is 1. The van der Waals surface area contributed by atoms with Crippen molar-refractivity contribution < 1.29 is 12.8 Å². The lowest BCUT2D eigenvalue weighted by molar-refractivity contribution is 0.580. The first-order chi connectivity index (χ1) is 9.79. The van der Waals surface area contributed by atoms with Crippen molar-refractivity contribution >= 4 is 43.0 Å². The van der Waals surface area contributed by atoms with Crippen LogP contribution in [0.5, 0.6) is 0 Å². The number of thiophene rings is 1. The number of nitrogen functional groups attached to an aromatic ring is 1. The molecule has 114 valence electrons. The number of halogens is 2. The van der Waals surface area contributed by atoms with Crippen LogP contribution in [0.3, 0.4) is 0 Å². The molecule has 2 aromatic rings. The van der Waals surface area contributed by atoms with Gasteiger partial charge in [0.25, 0.3) is 0 Å². The van der Waals surface area contributed by atoms with E-state index >= 15 is 0 Å². The Kier molecular flexibility index (Phi) is 5.03. The molecule has 3 N–H and O–H groups in total. The zero-order valence-electron chi connectivity index (χ0n) is 11.2. The second-order valence-electron chi connectivity index (χ2n) is 4.49. The Balaban J connectivity index is 2.10. The highest BCUT2D eigenvalue weighted by atomic mass is 79.9. The molecule has 4 nitrogen and oxygen atoms in total. The predicted octanol–water partition coefficient (Wildman–Crippen LogP) is 3.06. The first-order valence-electron chi connectivity index (χ1n) is 6.09. The molecule has 21 heavy (non-hydrogen) atoms. The van der Waals surface area contributed by atoms with E-state index in [1.165, 1.54) is 6.92 Å². The molecule has 0 aliphatic heterocycles. The SMILES string of the molecule is Cc1cc(F)c(N)cc1S(=O)(=O)NCCc1ccc(Br)s1. The average Bonchev–Trinajstić information content (AvgIpc) is 2.79. The molecular formula is C13H14BrFN2O2S2. The Labute approximate surface area is 135 Å². The van der Waals surface area contributed by atoms with Gasteiger partial charge < -0.3 is 5.73 Å². The number of aryl methyl sites for hydroxylation is 1. The standard InChI is InChI=1S/C13H14BrFN2O2S2/c1-8-6-10(15)11(16)7-12(8)21(18,19)17-5-4-9-2-3-13(14)20-9/h2-3,6-7,17H,4-5,16H2,1H3. The maximum absolute atomic E-state index is 13.3. The van der Waals surface area contributed by atoms with Crippen molar-refractivity contribution in [1.29, 1.82) is 0 Å². The molecule has 8 heteroatoms. The molecule has 0 fully saturated rings. The van der Waals surface area contributed by atoms with E-state index in [1.807, 2.05) is 12.1 Å². The summed E-state index contributed by atoms with van der Waals surface area (Å²) in [5, 5.41) is 0. The van der Waals surface area contributed by atoms with Crippen molar-refractivity contribution in [2.24, 2.45) is 0 Å². The number of sulfonamides is 1. The molecule has 0 aliphatic carbocycles. The first kappa shape index (κ1) is 16.4. The van der Waals surface area contributed by atoms with Gasteiger partial charge in [0.15, 0.2) is 0 Å². The number of nitrogens with two attached hydrogens (primary N) is 1. The Morgan fingerprint density at radius 3 is 2.71 bits per heavy atom. The number of anilines is 1. The van der Waals surface area contributed by atoms with E-state index in [2.05, 4.69) is 20.7 Å². The molecule has 0 saturated heterocycles. The highest BCUT2D eigenvalue weighted by molar-refractivity contribution is 9.11. The second kappa shape index (κ2) is 6.43. The summed E-state index contributed by atoms with van der Waals surface area (Å²) in [6.45, 7) is 1.81. The molecule has 1 aromatic heterocycles. The lowest BCUT2D eigenvalue weighted by Crippen LogP contribution is -2.26. The number of rotatable bonds is 5. The third kappa shape index (κ3) is 4.03. The van der Waals surface area contributed by atoms with Crippen molar-refractivity contribution in [2.75, 3.05) is 12.3 Å². The van der Waals surface area contributed by atoms with Crippen LogP contribution in [0.4, 0.5) is 10.1 Å². The average molecular weight is 393 g/mol. The Morgan fingerprint density at radius 2 is 2.10 bits per heavy atom. The third-order valence-corrected chi connectivity index (χ3v) is 6.16. The van der Waals surface area contributed by atoms with Crippen LogP contribution in [-0.4, -0.2) is 15.0 Å². The van der Waals surface area contributed by atoms with Gasteiger partial charge in [-0.2, -0.15) is 0 Å². The molecule has 0 amide bonds. The summed E-state index contributed by atoms with van der Waals surface area (Å²) in [4.78, 5) is 1.08. The summed E-state index contributed by atoms with van der Waals surface area (Å²) < 4.78 is 41.2. The minimum absolute atomic E-state index is 0.00811. The van der Waals surface area contributed by atoms with E-state index in [1.54, 1.807) is 11.3 Å². The van der Waals surface area contributed by atoms with Gasteiger partial charge in [0.05, 0.1) is 14.4 Å². The van der Waals surface area contributed by atoms with Gasteiger partial charge in [0.2, 0.25) is 10.0 Å². The molecule has 0 radical (unpaired) electrons. The minimum atomic E-state index is -3.70. The van der Waals surface area contributed by atoms with Crippen molar-refractivity contribution in [3.05, 3.63) is 44.3 Å². The Bertz CT molecular complexity index is 760. The van der Waals surface area contributed by atoms with E-state index in [9.17, 15) is 12.8 Å². The number of hydrogen-bond donors (Lipinski definition) is 2. The molecule has 1 aromatic carbocycles. The fraction of sp³-hybridized carbons (Fsp3) is 0.231. The largest absolute Gasteiger partial charge is 0.396 e. The maximum atomic E-state index is 13.3. The fourth-order valence-electron chi connectivity index (χ4n) is 1.83. The topological polar surface area (TPSA) is 72.2 Å². The third-order valence-electron chi connectivity index (χ3n) is 2.88. The molecule has 0 atom stereocenters. The summed E-state index contributed by atoms with van der Waals surface area (Å²) in [6.07, 6.45) is 0.589. The number of nitrogens with one attached hydrogen (secondary N) is 1. The van der Waals surface area contributed by atoms with Crippen LogP contribution >= 0.6 is 27.3 Å². The van der Waals surface area contributed by atoms with Crippen molar-refractivity contribution in [2.45, 2.75) is 18.2 Å².